The Kier molecular flexibility index (Phi) is 3.76. The van der Waals surface area contributed by atoms with Crippen LogP contribution in [0.4, 0.5) is 15.9 Å². The van der Waals surface area contributed by atoms with E-state index in [9.17, 15) is 9.65 Å². The Morgan fingerprint density at radius 3 is 2.81 bits per heavy atom. The van der Waals surface area contributed by atoms with Crippen molar-refractivity contribution in [2.45, 2.75) is 25.7 Å². The van der Waals surface area contributed by atoms with E-state index in [0.29, 0.717) is 17.1 Å². The molecule has 0 spiro atoms. The minimum absolute atomic E-state index is 0.0689. The molecule has 0 saturated carbocycles. The fourth-order valence-electron chi connectivity index (χ4n) is 2.52. The summed E-state index contributed by atoms with van der Waals surface area (Å²) in [5, 5.41) is 12.3. The fourth-order valence-corrected chi connectivity index (χ4v) is 2.64. The Morgan fingerprint density at radius 1 is 1.24 bits per heavy atom. The lowest BCUT2D eigenvalue weighted by atomic mass is 9.95. The van der Waals surface area contributed by atoms with Gasteiger partial charge in [-0.25, -0.2) is 9.37 Å². The number of halogens is 2. The first-order valence-electron chi connectivity index (χ1n) is 6.82. The Morgan fingerprint density at radius 2 is 2.05 bits per heavy atom. The summed E-state index contributed by atoms with van der Waals surface area (Å²) in [5.41, 5.74) is 3.17. The van der Waals surface area contributed by atoms with Gasteiger partial charge in [0, 0.05) is 11.4 Å². The molecular formula is C16H13ClFN3. The molecule has 0 atom stereocenters. The van der Waals surface area contributed by atoms with Crippen LogP contribution in [0.25, 0.3) is 0 Å². The number of aromatic nitrogens is 1. The summed E-state index contributed by atoms with van der Waals surface area (Å²) in [4.78, 5) is 4.54. The van der Waals surface area contributed by atoms with Crippen molar-refractivity contribution in [2.75, 3.05) is 5.32 Å². The second-order valence-electron chi connectivity index (χ2n) is 5.06. The number of hydrogen-bond donors (Lipinski definition) is 1. The van der Waals surface area contributed by atoms with E-state index in [1.807, 2.05) is 6.07 Å². The molecule has 106 valence electrons. The maximum absolute atomic E-state index is 13.5. The van der Waals surface area contributed by atoms with Gasteiger partial charge < -0.3 is 5.32 Å². The summed E-state index contributed by atoms with van der Waals surface area (Å²) in [6.45, 7) is 0. The lowest BCUT2D eigenvalue weighted by Crippen LogP contribution is -2.09. The maximum atomic E-state index is 13.5. The van der Waals surface area contributed by atoms with E-state index in [0.717, 1.165) is 36.9 Å². The van der Waals surface area contributed by atoms with Crippen LogP contribution in [0, 0.1) is 17.1 Å². The highest BCUT2D eigenvalue weighted by molar-refractivity contribution is 6.30. The molecule has 1 heterocycles. The number of benzene rings is 1. The highest BCUT2D eigenvalue weighted by atomic mass is 35.5. The van der Waals surface area contributed by atoms with Gasteiger partial charge in [0.25, 0.3) is 0 Å². The molecule has 1 aliphatic rings. The Balaban J connectivity index is 1.97. The van der Waals surface area contributed by atoms with Crippen molar-refractivity contribution < 1.29 is 4.39 Å². The van der Waals surface area contributed by atoms with E-state index in [2.05, 4.69) is 16.4 Å². The van der Waals surface area contributed by atoms with Crippen LogP contribution in [0.3, 0.4) is 0 Å². The molecule has 0 unspecified atom stereocenters. The smallest absolute Gasteiger partial charge is 0.148 e. The number of anilines is 2. The largest absolute Gasteiger partial charge is 0.339 e. The first-order chi connectivity index (χ1) is 10.2. The summed E-state index contributed by atoms with van der Waals surface area (Å²) in [7, 11) is 0. The van der Waals surface area contributed by atoms with Crippen LogP contribution in [0.15, 0.2) is 24.3 Å². The summed E-state index contributed by atoms with van der Waals surface area (Å²) in [6, 6.07) is 8.46. The lowest BCUT2D eigenvalue weighted by molar-refractivity contribution is 0.629. The molecule has 0 bridgehead atoms. The van der Waals surface area contributed by atoms with E-state index in [4.69, 9.17) is 11.6 Å². The highest BCUT2D eigenvalue weighted by Crippen LogP contribution is 2.27. The van der Waals surface area contributed by atoms with Gasteiger partial charge in [0.05, 0.1) is 10.6 Å². The molecule has 5 heteroatoms. The molecule has 0 aliphatic heterocycles. The SMILES string of the molecule is N#Cc1cc2c(nc1Nc1ccc(Cl)c(F)c1)CCCC2. The third kappa shape index (κ3) is 2.84. The van der Waals surface area contributed by atoms with E-state index >= 15 is 0 Å². The number of rotatable bonds is 2. The molecule has 2 aromatic rings. The molecule has 1 N–H and O–H groups in total. The number of pyridine rings is 1. The standard InChI is InChI=1S/C16H13ClFN3/c17-13-6-5-12(8-14(13)18)20-16-11(9-19)7-10-3-1-2-4-15(10)21-16/h5-8H,1-4H2,(H,20,21). The first kappa shape index (κ1) is 13.8. The zero-order valence-electron chi connectivity index (χ0n) is 11.3. The fraction of sp³-hybridized carbons (Fsp3) is 0.250. The second-order valence-corrected chi connectivity index (χ2v) is 5.47. The normalized spacial score (nSPS) is 13.4. The monoisotopic (exact) mass is 301 g/mol. The molecule has 0 saturated heterocycles. The molecule has 21 heavy (non-hydrogen) atoms. The number of nitrogens with zero attached hydrogens (tertiary/aromatic N) is 2. The maximum Gasteiger partial charge on any atom is 0.148 e. The van der Waals surface area contributed by atoms with E-state index in [1.54, 1.807) is 6.07 Å². The predicted molar refractivity (Wildman–Crippen MR) is 80.3 cm³/mol. The van der Waals surface area contributed by atoms with Gasteiger partial charge in [-0.05, 0) is 55.5 Å². The molecule has 3 rings (SSSR count). The van der Waals surface area contributed by atoms with Crippen molar-refractivity contribution in [3.8, 4) is 6.07 Å². The van der Waals surface area contributed by atoms with Crippen molar-refractivity contribution in [1.29, 1.82) is 5.26 Å². The average molecular weight is 302 g/mol. The van der Waals surface area contributed by atoms with Gasteiger partial charge in [-0.3, -0.25) is 0 Å². The minimum Gasteiger partial charge on any atom is -0.339 e. The van der Waals surface area contributed by atoms with Crippen LogP contribution >= 0.6 is 11.6 Å². The Bertz CT molecular complexity index is 737. The molecule has 0 fully saturated rings. The molecule has 1 aliphatic carbocycles. The summed E-state index contributed by atoms with van der Waals surface area (Å²) >= 11 is 5.67. The summed E-state index contributed by atoms with van der Waals surface area (Å²) in [6.07, 6.45) is 4.13. The average Bonchev–Trinajstić information content (AvgIpc) is 2.50. The van der Waals surface area contributed by atoms with Gasteiger partial charge in [-0.1, -0.05) is 11.6 Å². The van der Waals surface area contributed by atoms with Gasteiger partial charge in [-0.2, -0.15) is 5.26 Å². The topological polar surface area (TPSA) is 48.7 Å². The zero-order valence-corrected chi connectivity index (χ0v) is 12.0. The highest BCUT2D eigenvalue weighted by Gasteiger charge is 2.15. The molecule has 0 radical (unpaired) electrons. The number of nitrogens with one attached hydrogen (secondary N) is 1. The second kappa shape index (κ2) is 5.71. The molecule has 0 amide bonds. The number of hydrogen-bond acceptors (Lipinski definition) is 3. The minimum atomic E-state index is -0.502. The van der Waals surface area contributed by atoms with Gasteiger partial charge in [0.15, 0.2) is 0 Å². The van der Waals surface area contributed by atoms with E-state index in [1.165, 1.54) is 12.1 Å². The van der Waals surface area contributed by atoms with Crippen LogP contribution < -0.4 is 5.32 Å². The number of nitriles is 1. The van der Waals surface area contributed by atoms with Gasteiger partial charge in [-0.15, -0.1) is 0 Å². The van der Waals surface area contributed by atoms with Crippen molar-refractivity contribution >= 4 is 23.1 Å². The molecule has 1 aromatic carbocycles. The van der Waals surface area contributed by atoms with Crippen LogP contribution in [-0.4, -0.2) is 4.98 Å². The zero-order chi connectivity index (χ0) is 14.8. The van der Waals surface area contributed by atoms with Gasteiger partial charge in [0.2, 0.25) is 0 Å². The van der Waals surface area contributed by atoms with Crippen LogP contribution in [0.5, 0.6) is 0 Å². The third-order valence-corrected chi connectivity index (χ3v) is 3.91. The van der Waals surface area contributed by atoms with E-state index < -0.39 is 5.82 Å². The number of fused-ring (bicyclic) bond motifs is 1. The summed E-state index contributed by atoms with van der Waals surface area (Å²) < 4.78 is 13.5. The quantitative estimate of drug-likeness (QED) is 0.896. The van der Waals surface area contributed by atoms with Crippen LogP contribution in [-0.2, 0) is 12.8 Å². The van der Waals surface area contributed by atoms with Gasteiger partial charge in [0.1, 0.15) is 17.7 Å². The van der Waals surface area contributed by atoms with Crippen LogP contribution in [0.1, 0.15) is 29.7 Å². The van der Waals surface area contributed by atoms with Gasteiger partial charge >= 0.3 is 0 Å². The third-order valence-electron chi connectivity index (χ3n) is 3.60. The van der Waals surface area contributed by atoms with Crippen LogP contribution in [0.2, 0.25) is 5.02 Å². The van der Waals surface area contributed by atoms with Crippen molar-refractivity contribution in [1.82, 2.24) is 4.98 Å². The van der Waals surface area contributed by atoms with E-state index in [-0.39, 0.29) is 5.02 Å². The van der Waals surface area contributed by atoms with Crippen molar-refractivity contribution in [3.63, 3.8) is 0 Å². The Labute approximate surface area is 127 Å². The predicted octanol–water partition coefficient (Wildman–Crippen LogP) is 4.37. The lowest BCUT2D eigenvalue weighted by Gasteiger charge is -2.17. The summed E-state index contributed by atoms with van der Waals surface area (Å²) in [5.74, 6) is -0.0296. The Hall–Kier alpha value is -2.12. The number of aryl methyl sites for hydroxylation is 2. The van der Waals surface area contributed by atoms with Crippen molar-refractivity contribution in [2.24, 2.45) is 0 Å². The first-order valence-corrected chi connectivity index (χ1v) is 7.20. The van der Waals surface area contributed by atoms with Crippen molar-refractivity contribution in [3.05, 3.63) is 51.9 Å². The molecule has 1 aromatic heterocycles. The molecular weight excluding hydrogens is 289 g/mol. The molecule has 3 nitrogen and oxygen atoms in total.